The second kappa shape index (κ2) is 7.87. The molecule has 6 heteroatoms. The third-order valence-corrected chi connectivity index (χ3v) is 5.04. The fourth-order valence-corrected chi connectivity index (χ4v) is 3.13. The normalized spacial score (nSPS) is 15.3. The van der Waals surface area contributed by atoms with Gasteiger partial charge in [0.05, 0.1) is 6.17 Å². The Morgan fingerprint density at radius 3 is 2.28 bits per heavy atom. The first-order valence-corrected chi connectivity index (χ1v) is 9.03. The number of rotatable bonds is 2. The smallest absolute Gasteiger partial charge is 0.330 e. The van der Waals surface area contributed by atoms with Crippen LogP contribution in [-0.2, 0) is 20.5 Å². The number of aryl methyl sites for hydroxylation is 2. The van der Waals surface area contributed by atoms with Gasteiger partial charge in [-0.15, -0.1) is 0 Å². The van der Waals surface area contributed by atoms with Crippen molar-refractivity contribution in [3.8, 4) is 0 Å². The maximum absolute atomic E-state index is 11.8. The predicted molar refractivity (Wildman–Crippen MR) is 108 cm³/mol. The Hall–Kier alpha value is -2.08. The first-order chi connectivity index (χ1) is 11.8. The molecule has 5 nitrogen and oxygen atoms in total. The second-order valence-electron chi connectivity index (χ2n) is 6.57. The number of hydrogen-bond donors (Lipinski definition) is 1. The van der Waals surface area contributed by atoms with Crippen molar-refractivity contribution in [2.24, 2.45) is 14.1 Å². The molecule has 1 atom stereocenters. The molecule has 0 aliphatic carbocycles. The largest absolute Gasteiger partial charge is 0.360 e. The number of aromatic nitrogens is 2. The van der Waals surface area contributed by atoms with E-state index in [1.165, 1.54) is 28.5 Å². The Morgan fingerprint density at radius 2 is 1.72 bits per heavy atom. The van der Waals surface area contributed by atoms with Crippen molar-refractivity contribution in [3.63, 3.8) is 0 Å². The molecular weight excluding hydrogens is 332 g/mol. The summed E-state index contributed by atoms with van der Waals surface area (Å²) in [6, 6.07) is 8.76. The van der Waals surface area contributed by atoms with Crippen LogP contribution in [0.4, 0.5) is 11.5 Å². The van der Waals surface area contributed by atoms with E-state index in [0.717, 1.165) is 11.5 Å². The standard InChI is InChI=1S/C10H14.C9H14N4OS/c1-3-4-10-7-5-9(2)6-8-10;1-5-10-6-7(11(5)2)12(3)9(14)13(4)8(6)15/h5-8H,3-4H2,1-2H3;5,10H,1-4H3. The van der Waals surface area contributed by atoms with Gasteiger partial charge in [-0.05, 0) is 25.8 Å². The van der Waals surface area contributed by atoms with Gasteiger partial charge in [-0.3, -0.25) is 9.13 Å². The Morgan fingerprint density at radius 1 is 1.12 bits per heavy atom. The van der Waals surface area contributed by atoms with Gasteiger partial charge in [-0.1, -0.05) is 55.4 Å². The minimum atomic E-state index is -0.0958. The van der Waals surface area contributed by atoms with Crippen LogP contribution < -0.4 is 15.9 Å². The highest BCUT2D eigenvalue weighted by molar-refractivity contribution is 7.71. The van der Waals surface area contributed by atoms with Gasteiger partial charge in [0.1, 0.15) is 16.1 Å². The summed E-state index contributed by atoms with van der Waals surface area (Å²) >= 11 is 5.23. The minimum absolute atomic E-state index is 0.0958. The fraction of sp³-hybridized carbons (Fsp3) is 0.474. The Kier molecular flexibility index (Phi) is 6.06. The van der Waals surface area contributed by atoms with Crippen LogP contribution >= 0.6 is 12.2 Å². The molecule has 1 unspecified atom stereocenters. The fourth-order valence-electron chi connectivity index (χ4n) is 2.91. The number of anilines is 2. The Balaban J connectivity index is 0.000000196. The van der Waals surface area contributed by atoms with Crippen LogP contribution in [-0.4, -0.2) is 22.3 Å². The first-order valence-electron chi connectivity index (χ1n) is 8.62. The van der Waals surface area contributed by atoms with Crippen LogP contribution in [0.25, 0.3) is 0 Å². The third-order valence-electron chi connectivity index (χ3n) is 4.56. The second-order valence-corrected chi connectivity index (χ2v) is 6.96. The van der Waals surface area contributed by atoms with Crippen molar-refractivity contribution < 1.29 is 0 Å². The summed E-state index contributed by atoms with van der Waals surface area (Å²) in [5.74, 6) is 0.857. The van der Waals surface area contributed by atoms with Gasteiger partial charge in [0, 0.05) is 21.1 Å². The molecule has 2 heterocycles. The molecule has 136 valence electrons. The van der Waals surface area contributed by atoms with Crippen LogP contribution in [0.2, 0.25) is 0 Å². The zero-order chi connectivity index (χ0) is 18.7. The molecule has 0 bridgehead atoms. The van der Waals surface area contributed by atoms with Gasteiger partial charge in [-0.2, -0.15) is 0 Å². The van der Waals surface area contributed by atoms with E-state index in [9.17, 15) is 4.79 Å². The van der Waals surface area contributed by atoms with Crippen LogP contribution in [0.1, 0.15) is 31.4 Å². The number of benzene rings is 1. The summed E-state index contributed by atoms with van der Waals surface area (Å²) in [6.07, 6.45) is 2.61. The van der Waals surface area contributed by atoms with Gasteiger partial charge in [0.25, 0.3) is 0 Å². The zero-order valence-corrected chi connectivity index (χ0v) is 16.8. The minimum Gasteiger partial charge on any atom is -0.360 e. The summed E-state index contributed by atoms with van der Waals surface area (Å²) in [4.78, 5) is 13.8. The lowest BCUT2D eigenvalue weighted by Crippen LogP contribution is -2.33. The van der Waals surface area contributed by atoms with E-state index >= 15 is 0 Å². The highest BCUT2D eigenvalue weighted by atomic mass is 32.1. The van der Waals surface area contributed by atoms with Crippen molar-refractivity contribution in [2.75, 3.05) is 17.3 Å². The average molecular weight is 361 g/mol. The van der Waals surface area contributed by atoms with E-state index in [2.05, 4.69) is 43.4 Å². The van der Waals surface area contributed by atoms with Crippen molar-refractivity contribution in [2.45, 2.75) is 39.8 Å². The topological polar surface area (TPSA) is 42.2 Å². The average Bonchev–Trinajstić information content (AvgIpc) is 2.89. The lowest BCUT2D eigenvalue weighted by Gasteiger charge is -2.19. The van der Waals surface area contributed by atoms with Crippen LogP contribution in [0.5, 0.6) is 0 Å². The number of nitrogens with one attached hydrogen (secondary N) is 1. The monoisotopic (exact) mass is 360 g/mol. The highest BCUT2D eigenvalue weighted by Gasteiger charge is 2.27. The van der Waals surface area contributed by atoms with Gasteiger partial charge >= 0.3 is 5.69 Å². The molecule has 0 radical (unpaired) electrons. The lowest BCUT2D eigenvalue weighted by atomic mass is 10.1. The van der Waals surface area contributed by atoms with E-state index in [1.807, 2.05) is 18.9 Å². The number of nitrogens with zero attached hydrogens (tertiary/aromatic N) is 3. The molecule has 0 amide bonds. The van der Waals surface area contributed by atoms with Gasteiger partial charge in [-0.25, -0.2) is 4.79 Å². The van der Waals surface area contributed by atoms with Crippen LogP contribution in [0, 0.1) is 11.6 Å². The first kappa shape index (κ1) is 19.2. The molecule has 0 spiro atoms. The van der Waals surface area contributed by atoms with E-state index in [0.29, 0.717) is 4.64 Å². The molecule has 1 aliphatic rings. The van der Waals surface area contributed by atoms with E-state index in [-0.39, 0.29) is 11.9 Å². The summed E-state index contributed by atoms with van der Waals surface area (Å²) in [5, 5.41) is 3.27. The summed E-state index contributed by atoms with van der Waals surface area (Å²) in [6.45, 7) is 6.36. The molecule has 25 heavy (non-hydrogen) atoms. The van der Waals surface area contributed by atoms with Crippen LogP contribution in [0.3, 0.4) is 0 Å². The third kappa shape index (κ3) is 3.95. The molecule has 1 N–H and O–H groups in total. The summed E-state index contributed by atoms with van der Waals surface area (Å²) in [7, 11) is 5.39. The quantitative estimate of drug-likeness (QED) is 0.831. The van der Waals surface area contributed by atoms with Gasteiger partial charge in [0.2, 0.25) is 0 Å². The zero-order valence-electron chi connectivity index (χ0n) is 16.0. The molecule has 3 rings (SSSR count). The highest BCUT2D eigenvalue weighted by Crippen LogP contribution is 2.31. The van der Waals surface area contributed by atoms with Gasteiger partial charge in [0.15, 0.2) is 0 Å². The van der Waals surface area contributed by atoms with Crippen LogP contribution in [0.15, 0.2) is 29.1 Å². The summed E-state index contributed by atoms with van der Waals surface area (Å²) < 4.78 is 3.65. The molecule has 0 saturated carbocycles. The lowest BCUT2D eigenvalue weighted by molar-refractivity contribution is 0.691. The Bertz CT molecular complexity index is 851. The van der Waals surface area contributed by atoms with Crippen molar-refractivity contribution in [3.05, 3.63) is 50.5 Å². The van der Waals surface area contributed by atoms with E-state index < -0.39 is 0 Å². The molecule has 0 saturated heterocycles. The molecule has 1 aromatic carbocycles. The molecule has 0 fully saturated rings. The number of fused-ring (bicyclic) bond motifs is 1. The molecule has 1 aliphatic heterocycles. The molecule has 1 aromatic heterocycles. The molecule has 2 aromatic rings. The Labute approximate surface area is 154 Å². The van der Waals surface area contributed by atoms with Crippen molar-refractivity contribution >= 4 is 23.7 Å². The maximum atomic E-state index is 11.8. The van der Waals surface area contributed by atoms with Crippen molar-refractivity contribution in [1.82, 2.24) is 9.13 Å². The number of hydrogen-bond acceptors (Lipinski definition) is 4. The maximum Gasteiger partial charge on any atom is 0.330 e. The SMILES string of the molecule is CC1Nc2c(n(C)c(=O)n(C)c2=S)N1C.CCCc1ccc(C)cc1. The summed E-state index contributed by atoms with van der Waals surface area (Å²) in [5.41, 5.74) is 3.57. The van der Waals surface area contributed by atoms with E-state index in [1.54, 1.807) is 18.7 Å². The van der Waals surface area contributed by atoms with Crippen molar-refractivity contribution in [1.29, 1.82) is 0 Å². The van der Waals surface area contributed by atoms with E-state index in [4.69, 9.17) is 12.2 Å². The molecular formula is C19H28N4OS. The van der Waals surface area contributed by atoms with Gasteiger partial charge < -0.3 is 10.2 Å². The predicted octanol–water partition coefficient (Wildman–Crippen LogP) is 3.61.